The molecular formula is C16H27N3O2. The maximum atomic E-state index is 5.65. The van der Waals surface area contributed by atoms with Gasteiger partial charge in [-0.15, -0.1) is 0 Å². The number of anilines is 1. The van der Waals surface area contributed by atoms with Crippen LogP contribution in [0, 0.1) is 0 Å². The van der Waals surface area contributed by atoms with Gasteiger partial charge in [-0.25, -0.2) is 4.98 Å². The zero-order valence-corrected chi connectivity index (χ0v) is 13.4. The van der Waals surface area contributed by atoms with E-state index in [0.29, 0.717) is 25.1 Å². The topological polar surface area (TPSA) is 56.3 Å². The molecule has 0 amide bonds. The van der Waals surface area contributed by atoms with Gasteiger partial charge < -0.3 is 14.8 Å². The summed E-state index contributed by atoms with van der Waals surface area (Å²) in [6.07, 6.45) is 6.40. The van der Waals surface area contributed by atoms with Crippen molar-refractivity contribution in [2.24, 2.45) is 0 Å². The van der Waals surface area contributed by atoms with Crippen LogP contribution in [0.25, 0.3) is 0 Å². The predicted octanol–water partition coefficient (Wildman–Crippen LogP) is 3.37. The first-order valence-electron chi connectivity index (χ1n) is 7.96. The molecule has 1 aliphatic rings. The molecule has 0 saturated heterocycles. The number of aromatic nitrogens is 2. The lowest BCUT2D eigenvalue weighted by molar-refractivity contribution is 0.143. The van der Waals surface area contributed by atoms with E-state index in [0.717, 1.165) is 11.6 Å². The minimum atomic E-state index is 0.280. The summed E-state index contributed by atoms with van der Waals surface area (Å²) in [5.41, 5.74) is 0. The van der Waals surface area contributed by atoms with Crippen LogP contribution >= 0.6 is 0 Å². The molecule has 5 nitrogen and oxygen atoms in total. The highest BCUT2D eigenvalue weighted by Gasteiger charge is 2.15. The Hall–Kier alpha value is -1.36. The molecule has 1 aromatic heterocycles. The van der Waals surface area contributed by atoms with E-state index in [1.54, 1.807) is 7.11 Å². The Morgan fingerprint density at radius 2 is 1.95 bits per heavy atom. The molecule has 1 aliphatic carbocycles. The molecule has 118 valence electrons. The van der Waals surface area contributed by atoms with E-state index in [-0.39, 0.29) is 5.92 Å². The number of ether oxygens (including phenoxy) is 2. The molecule has 0 aliphatic heterocycles. The molecule has 1 N–H and O–H groups in total. The summed E-state index contributed by atoms with van der Waals surface area (Å²) in [5.74, 6) is 2.61. The van der Waals surface area contributed by atoms with Crippen molar-refractivity contribution in [1.29, 1.82) is 0 Å². The highest BCUT2D eigenvalue weighted by Crippen LogP contribution is 2.23. The van der Waals surface area contributed by atoms with Crippen LogP contribution in [0.3, 0.4) is 0 Å². The van der Waals surface area contributed by atoms with E-state index in [9.17, 15) is 0 Å². The van der Waals surface area contributed by atoms with Crippen LogP contribution in [-0.4, -0.2) is 36.3 Å². The van der Waals surface area contributed by atoms with Crippen LogP contribution in [0.5, 0.6) is 5.88 Å². The second-order valence-electron chi connectivity index (χ2n) is 5.92. The predicted molar refractivity (Wildman–Crippen MR) is 84.0 cm³/mol. The number of nitrogens with one attached hydrogen (secondary N) is 1. The highest BCUT2D eigenvalue weighted by molar-refractivity contribution is 5.40. The first-order valence-corrected chi connectivity index (χ1v) is 7.96. The van der Waals surface area contributed by atoms with Crippen molar-refractivity contribution >= 4 is 5.82 Å². The number of rotatable bonds is 7. The van der Waals surface area contributed by atoms with E-state index in [1.165, 1.54) is 32.1 Å². The summed E-state index contributed by atoms with van der Waals surface area (Å²) in [6, 6.07) is 2.43. The molecular weight excluding hydrogens is 266 g/mol. The second kappa shape index (κ2) is 8.17. The van der Waals surface area contributed by atoms with Crippen LogP contribution in [0.1, 0.15) is 57.7 Å². The van der Waals surface area contributed by atoms with Gasteiger partial charge in [-0.2, -0.15) is 4.98 Å². The largest absolute Gasteiger partial charge is 0.475 e. The van der Waals surface area contributed by atoms with Crippen molar-refractivity contribution in [2.75, 3.05) is 25.6 Å². The zero-order valence-electron chi connectivity index (χ0n) is 13.4. The number of nitrogens with zero attached hydrogens (tertiary/aromatic N) is 2. The Morgan fingerprint density at radius 1 is 1.19 bits per heavy atom. The smallest absolute Gasteiger partial charge is 0.218 e. The Balaban J connectivity index is 2.06. The van der Waals surface area contributed by atoms with E-state index in [4.69, 9.17) is 9.47 Å². The Morgan fingerprint density at radius 3 is 2.62 bits per heavy atom. The number of methoxy groups -OCH3 is 1. The van der Waals surface area contributed by atoms with E-state index in [2.05, 4.69) is 29.1 Å². The van der Waals surface area contributed by atoms with Crippen molar-refractivity contribution in [3.05, 3.63) is 11.9 Å². The van der Waals surface area contributed by atoms with Gasteiger partial charge in [0.15, 0.2) is 0 Å². The van der Waals surface area contributed by atoms with Crippen LogP contribution in [-0.2, 0) is 4.74 Å². The second-order valence-corrected chi connectivity index (χ2v) is 5.92. The Bertz CT molecular complexity index is 432. The fraction of sp³-hybridized carbons (Fsp3) is 0.750. The summed E-state index contributed by atoms with van der Waals surface area (Å²) in [4.78, 5) is 9.09. The highest BCUT2D eigenvalue weighted by atomic mass is 16.5. The summed E-state index contributed by atoms with van der Waals surface area (Å²) in [6.45, 7) is 5.26. The van der Waals surface area contributed by atoms with Crippen molar-refractivity contribution in [3.8, 4) is 5.88 Å². The van der Waals surface area contributed by atoms with E-state index in [1.807, 2.05) is 6.07 Å². The molecule has 0 atom stereocenters. The Kier molecular flexibility index (Phi) is 6.23. The number of hydrogen-bond acceptors (Lipinski definition) is 5. The van der Waals surface area contributed by atoms with Gasteiger partial charge in [0.05, 0.1) is 6.61 Å². The van der Waals surface area contributed by atoms with Gasteiger partial charge in [0, 0.05) is 25.1 Å². The lowest BCUT2D eigenvalue weighted by Gasteiger charge is -2.23. The summed E-state index contributed by atoms with van der Waals surface area (Å²) in [5, 5.41) is 3.54. The van der Waals surface area contributed by atoms with Crippen molar-refractivity contribution in [1.82, 2.24) is 9.97 Å². The SMILES string of the molecule is COCCOc1cc(NC2CCCCC2)nc(C(C)C)n1. The van der Waals surface area contributed by atoms with Crippen LogP contribution in [0.15, 0.2) is 6.07 Å². The maximum Gasteiger partial charge on any atom is 0.218 e. The van der Waals surface area contributed by atoms with Crippen molar-refractivity contribution < 1.29 is 9.47 Å². The molecule has 1 heterocycles. The molecule has 2 rings (SSSR count). The van der Waals surface area contributed by atoms with Gasteiger partial charge in [-0.05, 0) is 12.8 Å². The van der Waals surface area contributed by atoms with Crippen LogP contribution < -0.4 is 10.1 Å². The van der Waals surface area contributed by atoms with Gasteiger partial charge in [-0.1, -0.05) is 33.1 Å². The van der Waals surface area contributed by atoms with Gasteiger partial charge in [-0.3, -0.25) is 0 Å². The molecule has 1 fully saturated rings. The zero-order chi connectivity index (χ0) is 15.1. The average Bonchev–Trinajstić information content (AvgIpc) is 2.48. The molecule has 0 spiro atoms. The first-order chi connectivity index (χ1) is 10.2. The lowest BCUT2D eigenvalue weighted by Crippen LogP contribution is -2.23. The first kappa shape index (κ1) is 16.0. The summed E-state index contributed by atoms with van der Waals surface area (Å²) < 4.78 is 10.7. The van der Waals surface area contributed by atoms with E-state index >= 15 is 0 Å². The van der Waals surface area contributed by atoms with Gasteiger partial charge >= 0.3 is 0 Å². The third kappa shape index (κ3) is 5.16. The summed E-state index contributed by atoms with van der Waals surface area (Å²) in [7, 11) is 1.67. The van der Waals surface area contributed by atoms with Crippen LogP contribution in [0.2, 0.25) is 0 Å². The van der Waals surface area contributed by atoms with Gasteiger partial charge in [0.25, 0.3) is 0 Å². The van der Waals surface area contributed by atoms with Crippen molar-refractivity contribution in [2.45, 2.75) is 57.9 Å². The molecule has 0 radical (unpaired) electrons. The third-order valence-corrected chi connectivity index (χ3v) is 3.73. The fourth-order valence-corrected chi connectivity index (χ4v) is 2.53. The molecule has 21 heavy (non-hydrogen) atoms. The molecule has 0 unspecified atom stereocenters. The maximum absolute atomic E-state index is 5.65. The lowest BCUT2D eigenvalue weighted by atomic mass is 9.95. The van der Waals surface area contributed by atoms with Gasteiger partial charge in [0.1, 0.15) is 18.2 Å². The third-order valence-electron chi connectivity index (χ3n) is 3.73. The molecule has 0 bridgehead atoms. The molecule has 1 saturated carbocycles. The Labute approximate surface area is 127 Å². The molecule has 1 aromatic rings. The molecule has 0 aromatic carbocycles. The normalized spacial score (nSPS) is 16.2. The fourth-order valence-electron chi connectivity index (χ4n) is 2.53. The monoisotopic (exact) mass is 293 g/mol. The average molecular weight is 293 g/mol. The minimum absolute atomic E-state index is 0.280. The minimum Gasteiger partial charge on any atom is -0.475 e. The standard InChI is InChI=1S/C16H27N3O2/c1-12(2)16-18-14(17-13-7-5-4-6-8-13)11-15(19-16)21-10-9-20-3/h11-13H,4-10H2,1-3H3,(H,17,18,19). The quantitative estimate of drug-likeness (QED) is 0.781. The van der Waals surface area contributed by atoms with E-state index < -0.39 is 0 Å². The van der Waals surface area contributed by atoms with Crippen LogP contribution in [0.4, 0.5) is 5.82 Å². The summed E-state index contributed by atoms with van der Waals surface area (Å²) >= 11 is 0. The number of hydrogen-bond donors (Lipinski definition) is 1. The van der Waals surface area contributed by atoms with Gasteiger partial charge in [0.2, 0.25) is 5.88 Å². The molecule has 5 heteroatoms. The van der Waals surface area contributed by atoms with Crippen molar-refractivity contribution in [3.63, 3.8) is 0 Å².